The Morgan fingerprint density at radius 2 is 0.735 bits per heavy atom. The van der Waals surface area contributed by atoms with Crippen molar-refractivity contribution in [3.63, 3.8) is 0 Å². The number of benzene rings is 4. The Balaban J connectivity index is 2.36. The van der Waals surface area contributed by atoms with E-state index in [4.69, 9.17) is 0 Å². The molecule has 4 rings (SSSR count). The van der Waals surface area contributed by atoms with E-state index in [-0.39, 0.29) is 10.6 Å². The van der Waals surface area contributed by atoms with Crippen molar-refractivity contribution in [2.45, 2.75) is 12.4 Å². The van der Waals surface area contributed by atoms with E-state index < -0.39 is 27.7 Å². The molecule has 4 aromatic carbocycles. The van der Waals surface area contributed by atoms with Gasteiger partial charge in [-0.3, -0.25) is 0 Å². The molecule has 0 spiro atoms. The molecule has 0 saturated heterocycles. The Morgan fingerprint density at radius 3 is 1.06 bits per heavy atom. The molecule has 0 amide bonds. The molecule has 0 aromatic heterocycles. The van der Waals surface area contributed by atoms with E-state index in [1.807, 2.05) is 22.0 Å². The van der Waals surface area contributed by atoms with Crippen LogP contribution in [-0.2, 0) is 12.4 Å². The van der Waals surface area contributed by atoms with Crippen molar-refractivity contribution in [2.24, 2.45) is 0 Å². The zero-order valence-electron chi connectivity index (χ0n) is 17.5. The first-order valence-electron chi connectivity index (χ1n) is 10.2. The van der Waals surface area contributed by atoms with Crippen molar-refractivity contribution in [3.8, 4) is 0 Å². The summed E-state index contributed by atoms with van der Waals surface area (Å²) in [6.45, 7) is 0. The standard InChI is InChI=1S/C26H18F6IP/c27-25(28,29)21-15-7-9-17-23(21)34(33,19-11-3-1-4-12-19,20-13-5-2-6-14-20)24-18-10-8-16-22(24)26(30,31)32/h1-18H. The number of alkyl halides is 6. The predicted molar refractivity (Wildman–Crippen MR) is 135 cm³/mol. The molecule has 0 nitrogen and oxygen atoms in total. The third-order valence-corrected chi connectivity index (χ3v) is 17.4. The zero-order chi connectivity index (χ0) is 24.6. The summed E-state index contributed by atoms with van der Waals surface area (Å²) in [5, 5.41) is 0.453. The Bertz CT molecular complexity index is 1200. The average molecular weight is 602 g/mol. The second-order valence-electron chi connectivity index (χ2n) is 7.71. The predicted octanol–water partition coefficient (Wildman–Crippen LogP) is 7.23. The quantitative estimate of drug-likeness (QED) is 0.132. The maximum absolute atomic E-state index is 14.4. The third-order valence-electron chi connectivity index (χ3n) is 5.81. The summed E-state index contributed by atoms with van der Waals surface area (Å²) in [6.07, 6.45) is -9.55. The first-order valence-corrected chi connectivity index (χ1v) is 15.2. The Labute approximate surface area is 206 Å². The molecule has 0 unspecified atom stereocenters. The van der Waals surface area contributed by atoms with Crippen LogP contribution in [0.25, 0.3) is 0 Å². The summed E-state index contributed by atoms with van der Waals surface area (Å²) in [5.41, 5.74) is -1.90. The molecule has 0 saturated carbocycles. The van der Waals surface area contributed by atoms with Crippen LogP contribution in [-0.4, -0.2) is 0 Å². The molecule has 4 aromatic rings. The van der Waals surface area contributed by atoms with Crippen molar-refractivity contribution >= 4 is 47.5 Å². The van der Waals surface area contributed by atoms with E-state index in [0.717, 1.165) is 12.1 Å². The van der Waals surface area contributed by atoms with Crippen molar-refractivity contribution < 1.29 is 26.3 Å². The van der Waals surface area contributed by atoms with Crippen LogP contribution in [0.2, 0.25) is 0 Å². The monoisotopic (exact) mass is 602 g/mol. The summed E-state index contributed by atoms with van der Waals surface area (Å²) < 4.78 is 81.9. The fourth-order valence-corrected chi connectivity index (χ4v) is 14.0. The van der Waals surface area contributed by atoms with Gasteiger partial charge in [-0.15, -0.1) is 0 Å². The van der Waals surface area contributed by atoms with Gasteiger partial charge in [-0.05, 0) is 0 Å². The molecule has 0 N–H and O–H groups in total. The summed E-state index contributed by atoms with van der Waals surface area (Å²) in [7, 11) is 0. The van der Waals surface area contributed by atoms with E-state index in [0.29, 0.717) is 10.6 Å². The summed E-state index contributed by atoms with van der Waals surface area (Å²) in [6, 6.07) is 26.4. The van der Waals surface area contributed by atoms with Crippen molar-refractivity contribution in [2.75, 3.05) is 0 Å². The third kappa shape index (κ3) is 3.83. The molecular weight excluding hydrogens is 584 g/mol. The van der Waals surface area contributed by atoms with Crippen LogP contribution in [0, 0.1) is 0 Å². The Morgan fingerprint density at radius 1 is 0.441 bits per heavy atom. The van der Waals surface area contributed by atoms with E-state index in [1.165, 1.54) is 36.4 Å². The van der Waals surface area contributed by atoms with Crippen LogP contribution in [0.15, 0.2) is 109 Å². The number of hydrogen-bond donors (Lipinski definition) is 0. The Hall–Kier alpha value is -2.38. The first-order chi connectivity index (χ1) is 16.0. The SMILES string of the molecule is FC(F)(F)c1ccccc1P(I)(c1ccccc1)(c1ccccc1)c1ccccc1C(F)(F)F. The first kappa shape index (κ1) is 24.7. The van der Waals surface area contributed by atoms with Gasteiger partial charge in [0.25, 0.3) is 0 Å². The van der Waals surface area contributed by atoms with Gasteiger partial charge in [0.1, 0.15) is 0 Å². The van der Waals surface area contributed by atoms with Crippen LogP contribution >= 0.6 is 26.3 Å². The molecule has 34 heavy (non-hydrogen) atoms. The van der Waals surface area contributed by atoms with Crippen molar-refractivity contribution in [1.29, 1.82) is 0 Å². The van der Waals surface area contributed by atoms with Crippen LogP contribution < -0.4 is 21.2 Å². The van der Waals surface area contributed by atoms with Gasteiger partial charge in [-0.2, -0.15) is 0 Å². The van der Waals surface area contributed by atoms with Gasteiger partial charge in [-0.25, -0.2) is 0 Å². The normalized spacial score (nSPS) is 13.8. The van der Waals surface area contributed by atoms with Gasteiger partial charge in [0.2, 0.25) is 0 Å². The second-order valence-corrected chi connectivity index (χ2v) is 17.5. The fourth-order valence-electron chi connectivity index (χ4n) is 4.41. The van der Waals surface area contributed by atoms with Crippen LogP contribution in [0.1, 0.15) is 11.1 Å². The van der Waals surface area contributed by atoms with Crippen molar-refractivity contribution in [1.82, 2.24) is 0 Å². The van der Waals surface area contributed by atoms with E-state index in [1.54, 1.807) is 60.7 Å². The summed E-state index contributed by atoms with van der Waals surface area (Å²) in [5.74, 6) is 0. The van der Waals surface area contributed by atoms with Gasteiger partial charge in [0.15, 0.2) is 0 Å². The minimum absolute atomic E-state index is 0.171. The molecule has 0 bridgehead atoms. The zero-order valence-corrected chi connectivity index (χ0v) is 20.5. The molecule has 8 heteroatoms. The molecule has 0 aliphatic heterocycles. The maximum atomic E-state index is 14.4. The van der Waals surface area contributed by atoms with Gasteiger partial charge in [0, 0.05) is 0 Å². The van der Waals surface area contributed by atoms with Crippen LogP contribution in [0.4, 0.5) is 26.3 Å². The number of hydrogen-bond acceptors (Lipinski definition) is 0. The summed E-state index contributed by atoms with van der Waals surface area (Å²) >= 11 is 1.93. The molecule has 176 valence electrons. The Kier molecular flexibility index (Phi) is 6.32. The fraction of sp³-hybridized carbons (Fsp3) is 0.0769. The molecule has 0 heterocycles. The van der Waals surface area contributed by atoms with Gasteiger partial charge in [0.05, 0.1) is 0 Å². The van der Waals surface area contributed by atoms with Gasteiger partial charge >= 0.3 is 207 Å². The topological polar surface area (TPSA) is 0 Å². The molecule has 0 aliphatic carbocycles. The van der Waals surface area contributed by atoms with Crippen molar-refractivity contribution in [3.05, 3.63) is 120 Å². The molecular formula is C26H18F6IP. The van der Waals surface area contributed by atoms with Gasteiger partial charge in [-0.1, -0.05) is 0 Å². The van der Waals surface area contributed by atoms with E-state index in [2.05, 4.69) is 0 Å². The second kappa shape index (κ2) is 8.68. The van der Waals surface area contributed by atoms with Crippen LogP contribution in [0.3, 0.4) is 0 Å². The van der Waals surface area contributed by atoms with Gasteiger partial charge < -0.3 is 0 Å². The average Bonchev–Trinajstić information content (AvgIpc) is 2.84. The molecule has 0 atom stereocenters. The van der Waals surface area contributed by atoms with E-state index >= 15 is 0 Å². The molecule has 0 fully saturated rings. The molecule has 0 radical (unpaired) electrons. The van der Waals surface area contributed by atoms with E-state index in [9.17, 15) is 26.3 Å². The number of halogens is 7. The molecule has 0 aliphatic rings. The summed E-state index contributed by atoms with van der Waals surface area (Å²) in [4.78, 5) is 0. The minimum atomic E-state index is -4.78. The number of rotatable bonds is 4. The van der Waals surface area contributed by atoms with Crippen LogP contribution in [0.5, 0.6) is 0 Å².